The van der Waals surface area contributed by atoms with Crippen LogP contribution in [-0.2, 0) is 19.3 Å². The van der Waals surface area contributed by atoms with E-state index in [0.29, 0.717) is 12.2 Å². The van der Waals surface area contributed by atoms with Crippen LogP contribution in [0, 0.1) is 0 Å². The number of hydrogen-bond donors (Lipinski definition) is 1. The molecule has 28 heavy (non-hydrogen) atoms. The monoisotopic (exact) mass is 453 g/mol. The van der Waals surface area contributed by atoms with Gasteiger partial charge in [-0.2, -0.15) is 9.50 Å². The maximum Gasteiger partial charge on any atom is 0.254 e. The zero-order valence-electron chi connectivity index (χ0n) is 15.0. The van der Waals surface area contributed by atoms with Crippen molar-refractivity contribution in [3.8, 4) is 0 Å². The zero-order chi connectivity index (χ0) is 19.1. The summed E-state index contributed by atoms with van der Waals surface area (Å²) in [5.74, 6) is 2.36. The van der Waals surface area contributed by atoms with Gasteiger partial charge in [-0.1, -0.05) is 39.7 Å². The Labute approximate surface area is 175 Å². The van der Waals surface area contributed by atoms with E-state index in [9.17, 15) is 0 Å². The topological polar surface area (TPSA) is 55.1 Å². The summed E-state index contributed by atoms with van der Waals surface area (Å²) in [7, 11) is 0. The van der Waals surface area contributed by atoms with Gasteiger partial charge in [-0.3, -0.25) is 0 Å². The van der Waals surface area contributed by atoms with Crippen molar-refractivity contribution >= 4 is 44.8 Å². The van der Waals surface area contributed by atoms with Crippen molar-refractivity contribution in [3.05, 3.63) is 80.7 Å². The first-order valence-corrected chi connectivity index (χ1v) is 10.4. The van der Waals surface area contributed by atoms with Crippen LogP contribution in [0.1, 0.15) is 29.1 Å². The van der Waals surface area contributed by atoms with Gasteiger partial charge in [0.1, 0.15) is 5.82 Å². The highest BCUT2D eigenvalue weighted by atomic mass is 79.9. The molecular weight excluding hydrogens is 438 g/mol. The third-order valence-corrected chi connectivity index (χ3v) is 5.72. The molecule has 2 aromatic carbocycles. The van der Waals surface area contributed by atoms with Crippen molar-refractivity contribution in [1.29, 1.82) is 0 Å². The Bertz CT molecular complexity index is 1150. The van der Waals surface area contributed by atoms with E-state index in [0.717, 1.165) is 57.3 Å². The number of aryl methyl sites for hydroxylation is 1. The second kappa shape index (κ2) is 7.18. The van der Waals surface area contributed by atoms with Crippen LogP contribution in [0.5, 0.6) is 0 Å². The van der Waals surface area contributed by atoms with Gasteiger partial charge < -0.3 is 5.32 Å². The number of halogens is 2. The number of hydrogen-bond acceptors (Lipinski definition) is 4. The molecule has 5 nitrogen and oxygen atoms in total. The summed E-state index contributed by atoms with van der Waals surface area (Å²) in [6.45, 7) is 0. The second-order valence-corrected chi connectivity index (χ2v) is 8.27. The van der Waals surface area contributed by atoms with Crippen LogP contribution in [0.2, 0.25) is 5.02 Å². The van der Waals surface area contributed by atoms with Gasteiger partial charge in [-0.25, -0.2) is 4.98 Å². The van der Waals surface area contributed by atoms with Crippen molar-refractivity contribution in [3.63, 3.8) is 0 Å². The highest BCUT2D eigenvalue weighted by Gasteiger charge is 2.22. The minimum Gasteiger partial charge on any atom is -0.340 e. The fourth-order valence-electron chi connectivity index (χ4n) is 3.58. The van der Waals surface area contributed by atoms with Gasteiger partial charge >= 0.3 is 0 Å². The Balaban J connectivity index is 1.56. The summed E-state index contributed by atoms with van der Waals surface area (Å²) in [6, 6.07) is 15.9. The van der Waals surface area contributed by atoms with Gasteiger partial charge in [0.2, 0.25) is 0 Å². The molecule has 140 valence electrons. The van der Waals surface area contributed by atoms with Crippen LogP contribution in [0.15, 0.2) is 53.0 Å². The van der Waals surface area contributed by atoms with Crippen LogP contribution >= 0.6 is 27.5 Å². The normalized spacial score (nSPS) is 13.1. The van der Waals surface area contributed by atoms with Crippen LogP contribution in [-0.4, -0.2) is 19.6 Å². The number of benzene rings is 2. The Kier molecular flexibility index (Phi) is 4.53. The molecule has 0 aliphatic heterocycles. The molecule has 0 amide bonds. The van der Waals surface area contributed by atoms with Crippen LogP contribution in [0.4, 0.5) is 11.5 Å². The quantitative estimate of drug-likeness (QED) is 0.451. The number of fused-ring (bicyclic) bond motifs is 2. The van der Waals surface area contributed by atoms with E-state index in [2.05, 4.69) is 26.2 Å². The lowest BCUT2D eigenvalue weighted by Crippen LogP contribution is -2.07. The predicted octanol–water partition coefficient (Wildman–Crippen LogP) is 5.36. The molecule has 2 heterocycles. The Morgan fingerprint density at radius 2 is 1.79 bits per heavy atom. The fourth-order valence-corrected chi connectivity index (χ4v) is 3.97. The highest BCUT2D eigenvalue weighted by Crippen LogP contribution is 2.30. The fraction of sp³-hybridized carbons (Fsp3) is 0.190. The molecule has 0 saturated heterocycles. The minimum atomic E-state index is 0.642. The summed E-state index contributed by atoms with van der Waals surface area (Å²) in [5.41, 5.74) is 4.49. The maximum absolute atomic E-state index is 5.99. The smallest absolute Gasteiger partial charge is 0.254 e. The maximum atomic E-state index is 5.99. The molecule has 1 N–H and O–H groups in total. The zero-order valence-corrected chi connectivity index (χ0v) is 17.3. The first-order chi connectivity index (χ1) is 13.7. The molecule has 1 aliphatic rings. The summed E-state index contributed by atoms with van der Waals surface area (Å²) in [5, 5.41) is 9.03. The van der Waals surface area contributed by atoms with E-state index >= 15 is 0 Å². The van der Waals surface area contributed by atoms with Gasteiger partial charge in [0.15, 0.2) is 5.82 Å². The molecule has 2 aromatic heterocycles. The van der Waals surface area contributed by atoms with Gasteiger partial charge in [-0.05, 0) is 61.2 Å². The first-order valence-electron chi connectivity index (χ1n) is 9.20. The van der Waals surface area contributed by atoms with E-state index in [1.54, 1.807) is 0 Å². The molecule has 7 heteroatoms. The van der Waals surface area contributed by atoms with Gasteiger partial charge in [0.05, 0.1) is 5.69 Å². The van der Waals surface area contributed by atoms with E-state index in [-0.39, 0.29) is 0 Å². The Morgan fingerprint density at radius 1 is 1.00 bits per heavy atom. The SMILES string of the molecule is Clc1ccc(Cc2nc3nc4c(c(Nc5ccc(Br)cc5)n3n2)CCC4)cc1. The molecular formula is C21H17BrClN5. The minimum absolute atomic E-state index is 0.642. The lowest BCUT2D eigenvalue weighted by Gasteiger charge is -2.12. The van der Waals surface area contributed by atoms with E-state index < -0.39 is 0 Å². The second-order valence-electron chi connectivity index (χ2n) is 6.91. The lowest BCUT2D eigenvalue weighted by atomic mass is 10.1. The summed E-state index contributed by atoms with van der Waals surface area (Å²) in [4.78, 5) is 9.45. The largest absolute Gasteiger partial charge is 0.340 e. The van der Waals surface area contributed by atoms with E-state index in [4.69, 9.17) is 21.7 Å². The molecule has 1 aliphatic carbocycles. The molecule has 4 aromatic rings. The average Bonchev–Trinajstić information content (AvgIpc) is 3.31. The first kappa shape index (κ1) is 17.6. The number of nitrogens with zero attached hydrogens (tertiary/aromatic N) is 4. The van der Waals surface area contributed by atoms with Crippen molar-refractivity contribution in [2.75, 3.05) is 5.32 Å². The third-order valence-electron chi connectivity index (χ3n) is 4.94. The Hall–Kier alpha value is -2.44. The van der Waals surface area contributed by atoms with Gasteiger partial charge in [0.25, 0.3) is 5.78 Å². The standard InChI is InChI=1S/C21H17BrClN5/c22-14-6-10-16(11-7-14)24-20-17-2-1-3-18(17)25-21-26-19(27-28(20)21)12-13-4-8-15(23)9-5-13/h4-11,24H,1-3,12H2. The summed E-state index contributed by atoms with van der Waals surface area (Å²) in [6.07, 6.45) is 3.74. The van der Waals surface area contributed by atoms with Crippen molar-refractivity contribution in [1.82, 2.24) is 19.6 Å². The molecule has 5 rings (SSSR count). The number of aromatic nitrogens is 4. The molecule has 0 spiro atoms. The molecule has 0 bridgehead atoms. The van der Waals surface area contributed by atoms with Crippen LogP contribution in [0.25, 0.3) is 5.78 Å². The summed E-state index contributed by atoms with van der Waals surface area (Å²) >= 11 is 9.47. The van der Waals surface area contributed by atoms with Crippen molar-refractivity contribution < 1.29 is 0 Å². The molecule has 0 radical (unpaired) electrons. The van der Waals surface area contributed by atoms with Crippen LogP contribution < -0.4 is 5.32 Å². The van der Waals surface area contributed by atoms with E-state index in [1.807, 2.05) is 53.0 Å². The van der Waals surface area contributed by atoms with Crippen LogP contribution in [0.3, 0.4) is 0 Å². The third kappa shape index (κ3) is 3.38. The Morgan fingerprint density at radius 3 is 2.57 bits per heavy atom. The number of nitrogens with one attached hydrogen (secondary N) is 1. The van der Waals surface area contributed by atoms with E-state index in [1.165, 1.54) is 5.56 Å². The van der Waals surface area contributed by atoms with Gasteiger partial charge in [0, 0.05) is 27.2 Å². The highest BCUT2D eigenvalue weighted by molar-refractivity contribution is 9.10. The predicted molar refractivity (Wildman–Crippen MR) is 114 cm³/mol. The molecule has 0 atom stereocenters. The van der Waals surface area contributed by atoms with Crippen molar-refractivity contribution in [2.24, 2.45) is 0 Å². The molecule has 0 saturated carbocycles. The number of rotatable bonds is 4. The van der Waals surface area contributed by atoms with Gasteiger partial charge in [-0.15, -0.1) is 5.10 Å². The summed E-state index contributed by atoms with van der Waals surface area (Å²) < 4.78 is 2.89. The molecule has 0 fully saturated rings. The number of anilines is 2. The average molecular weight is 455 g/mol. The lowest BCUT2D eigenvalue weighted by molar-refractivity contribution is 0.885. The van der Waals surface area contributed by atoms with Crippen molar-refractivity contribution in [2.45, 2.75) is 25.7 Å². The molecule has 0 unspecified atom stereocenters.